The predicted octanol–water partition coefficient (Wildman–Crippen LogP) is 3.48. The van der Waals surface area contributed by atoms with E-state index in [1.807, 2.05) is 13.8 Å². The van der Waals surface area contributed by atoms with Gasteiger partial charge in [0.2, 0.25) is 0 Å². The summed E-state index contributed by atoms with van der Waals surface area (Å²) in [6.07, 6.45) is 0.329. The van der Waals surface area contributed by atoms with Crippen LogP contribution in [0.15, 0.2) is 10.5 Å². The Balaban J connectivity index is 3.53. The third-order valence-corrected chi connectivity index (χ3v) is 3.33. The zero-order chi connectivity index (χ0) is 14.7. The number of ether oxygens (including phenoxy) is 1. The molecule has 1 aromatic carbocycles. The molecule has 1 rings (SSSR count). The van der Waals surface area contributed by atoms with Gasteiger partial charge in [0.15, 0.2) is 5.82 Å². The maximum absolute atomic E-state index is 14.0. The third-order valence-electron chi connectivity index (χ3n) is 2.50. The normalized spacial score (nSPS) is 10.6. The van der Waals surface area contributed by atoms with Crippen LogP contribution in [0.3, 0.4) is 0 Å². The zero-order valence-corrected chi connectivity index (χ0v) is 12.3. The molecule has 19 heavy (non-hydrogen) atoms. The fourth-order valence-electron chi connectivity index (χ4n) is 1.67. The molecule has 0 radical (unpaired) electrons. The third kappa shape index (κ3) is 3.28. The van der Waals surface area contributed by atoms with Crippen molar-refractivity contribution in [3.05, 3.63) is 37.6 Å². The van der Waals surface area contributed by atoms with Crippen LogP contribution in [0, 0.1) is 21.8 Å². The van der Waals surface area contributed by atoms with E-state index in [0.717, 1.165) is 13.2 Å². The summed E-state index contributed by atoms with van der Waals surface area (Å²) in [7, 11) is 1.09. The lowest BCUT2D eigenvalue weighted by atomic mass is 9.99. The van der Waals surface area contributed by atoms with Crippen LogP contribution in [0.5, 0.6) is 0 Å². The van der Waals surface area contributed by atoms with Crippen molar-refractivity contribution in [1.29, 1.82) is 0 Å². The molecule has 0 spiro atoms. The highest BCUT2D eigenvalue weighted by Crippen LogP contribution is 2.34. The van der Waals surface area contributed by atoms with Crippen molar-refractivity contribution >= 4 is 27.6 Å². The molecule has 7 heteroatoms. The van der Waals surface area contributed by atoms with Crippen LogP contribution >= 0.6 is 15.9 Å². The molecule has 0 heterocycles. The molecule has 0 N–H and O–H groups in total. The van der Waals surface area contributed by atoms with Crippen molar-refractivity contribution in [2.24, 2.45) is 5.92 Å². The van der Waals surface area contributed by atoms with E-state index >= 15 is 0 Å². The van der Waals surface area contributed by atoms with Gasteiger partial charge in [-0.3, -0.25) is 10.1 Å². The van der Waals surface area contributed by atoms with Crippen molar-refractivity contribution in [3.8, 4) is 0 Å². The summed E-state index contributed by atoms with van der Waals surface area (Å²) in [5.74, 6) is -1.68. The SMILES string of the molecule is COC(=O)c1cc([N+](=O)[O-])c(CC(C)C)c(Br)c1F. The number of halogens is 2. The van der Waals surface area contributed by atoms with E-state index in [1.54, 1.807) is 0 Å². The molecule has 0 aliphatic carbocycles. The van der Waals surface area contributed by atoms with Gasteiger partial charge in [0.1, 0.15) is 5.56 Å². The van der Waals surface area contributed by atoms with E-state index in [0.29, 0.717) is 6.42 Å². The van der Waals surface area contributed by atoms with Crippen molar-refractivity contribution in [2.45, 2.75) is 20.3 Å². The minimum atomic E-state index is -0.947. The fourth-order valence-corrected chi connectivity index (χ4v) is 2.25. The summed E-state index contributed by atoms with van der Waals surface area (Å²) in [5, 5.41) is 11.0. The number of carbonyl (C=O) groups excluding carboxylic acids is 1. The highest BCUT2D eigenvalue weighted by Gasteiger charge is 2.27. The van der Waals surface area contributed by atoms with E-state index in [9.17, 15) is 19.3 Å². The molecule has 0 aliphatic heterocycles. The molecule has 0 amide bonds. The highest BCUT2D eigenvalue weighted by atomic mass is 79.9. The van der Waals surface area contributed by atoms with Crippen LogP contribution < -0.4 is 0 Å². The van der Waals surface area contributed by atoms with E-state index < -0.39 is 22.3 Å². The minimum Gasteiger partial charge on any atom is -0.465 e. The average molecular weight is 334 g/mol. The van der Waals surface area contributed by atoms with Gasteiger partial charge in [-0.25, -0.2) is 9.18 Å². The number of rotatable bonds is 4. The molecule has 0 bridgehead atoms. The molecule has 0 atom stereocenters. The first kappa shape index (κ1) is 15.6. The van der Waals surface area contributed by atoms with Crippen molar-refractivity contribution in [2.75, 3.05) is 7.11 Å². The maximum atomic E-state index is 14.0. The number of carbonyl (C=O) groups is 1. The van der Waals surface area contributed by atoms with Gasteiger partial charge in [0.05, 0.1) is 16.5 Å². The number of methoxy groups -OCH3 is 1. The van der Waals surface area contributed by atoms with Crippen molar-refractivity contribution < 1.29 is 18.8 Å². The molecule has 0 saturated carbocycles. The Hall–Kier alpha value is -1.50. The first-order valence-electron chi connectivity index (χ1n) is 5.53. The quantitative estimate of drug-likeness (QED) is 0.480. The van der Waals surface area contributed by atoms with Crippen LogP contribution in [0.25, 0.3) is 0 Å². The standard InChI is InChI=1S/C12H13BrFNO4/c1-6(2)4-7-9(15(17)18)5-8(12(16)19-3)11(14)10(7)13/h5-6H,4H2,1-3H3. The van der Waals surface area contributed by atoms with Crippen LogP contribution in [0.2, 0.25) is 0 Å². The monoisotopic (exact) mass is 333 g/mol. The van der Waals surface area contributed by atoms with Gasteiger partial charge in [0.25, 0.3) is 5.69 Å². The second-order valence-electron chi connectivity index (χ2n) is 4.40. The lowest BCUT2D eigenvalue weighted by Crippen LogP contribution is -2.10. The number of benzene rings is 1. The number of esters is 1. The Labute approximate surface area is 118 Å². The Morgan fingerprint density at radius 1 is 1.58 bits per heavy atom. The lowest BCUT2D eigenvalue weighted by Gasteiger charge is -2.11. The summed E-state index contributed by atoms with van der Waals surface area (Å²) in [6, 6.07) is 0.920. The zero-order valence-electron chi connectivity index (χ0n) is 10.7. The summed E-state index contributed by atoms with van der Waals surface area (Å²) < 4.78 is 18.4. The fraction of sp³-hybridized carbons (Fsp3) is 0.417. The van der Waals surface area contributed by atoms with E-state index in [4.69, 9.17) is 0 Å². The number of nitrogens with zero attached hydrogens (tertiary/aromatic N) is 1. The number of hydrogen-bond acceptors (Lipinski definition) is 4. The number of nitro benzene ring substituents is 1. The van der Waals surface area contributed by atoms with Gasteiger partial charge in [-0.05, 0) is 28.3 Å². The Kier molecular flexibility index (Phi) is 4.99. The molecule has 104 valence electrons. The molecule has 0 aromatic heterocycles. The van der Waals surface area contributed by atoms with Crippen LogP contribution in [-0.2, 0) is 11.2 Å². The van der Waals surface area contributed by atoms with Gasteiger partial charge in [-0.15, -0.1) is 0 Å². The van der Waals surface area contributed by atoms with Crippen molar-refractivity contribution in [1.82, 2.24) is 0 Å². The largest absolute Gasteiger partial charge is 0.465 e. The topological polar surface area (TPSA) is 69.4 Å². The van der Waals surface area contributed by atoms with Gasteiger partial charge >= 0.3 is 5.97 Å². The molecular weight excluding hydrogens is 321 g/mol. The molecule has 0 aliphatic rings. The Bertz CT molecular complexity index is 531. The molecular formula is C12H13BrFNO4. The van der Waals surface area contributed by atoms with Gasteiger partial charge in [-0.1, -0.05) is 13.8 Å². The van der Waals surface area contributed by atoms with Gasteiger partial charge in [-0.2, -0.15) is 0 Å². The van der Waals surface area contributed by atoms with Gasteiger partial charge in [0, 0.05) is 11.6 Å². The maximum Gasteiger partial charge on any atom is 0.341 e. The average Bonchev–Trinajstić information content (AvgIpc) is 2.33. The predicted molar refractivity (Wildman–Crippen MR) is 70.6 cm³/mol. The van der Waals surface area contributed by atoms with E-state index in [2.05, 4.69) is 20.7 Å². The first-order chi connectivity index (χ1) is 8.79. The summed E-state index contributed by atoms with van der Waals surface area (Å²) in [5.41, 5.74) is -0.499. The van der Waals surface area contributed by atoms with Crippen LogP contribution in [-0.4, -0.2) is 18.0 Å². The number of nitro groups is 1. The highest BCUT2D eigenvalue weighted by molar-refractivity contribution is 9.10. The smallest absolute Gasteiger partial charge is 0.341 e. The van der Waals surface area contributed by atoms with Crippen LogP contribution in [0.4, 0.5) is 10.1 Å². The minimum absolute atomic E-state index is 0.0594. The lowest BCUT2D eigenvalue weighted by molar-refractivity contribution is -0.385. The first-order valence-corrected chi connectivity index (χ1v) is 6.32. The summed E-state index contributed by atoms with van der Waals surface area (Å²) in [6.45, 7) is 3.73. The molecule has 0 unspecified atom stereocenters. The summed E-state index contributed by atoms with van der Waals surface area (Å²) in [4.78, 5) is 21.8. The molecule has 0 fully saturated rings. The second-order valence-corrected chi connectivity index (χ2v) is 5.19. The van der Waals surface area contributed by atoms with E-state index in [-0.39, 0.29) is 21.6 Å². The van der Waals surface area contributed by atoms with Gasteiger partial charge < -0.3 is 4.74 Å². The Morgan fingerprint density at radius 2 is 2.16 bits per heavy atom. The molecule has 0 saturated heterocycles. The van der Waals surface area contributed by atoms with E-state index in [1.165, 1.54) is 0 Å². The van der Waals surface area contributed by atoms with Crippen LogP contribution in [0.1, 0.15) is 29.8 Å². The van der Waals surface area contributed by atoms with Crippen molar-refractivity contribution in [3.63, 3.8) is 0 Å². The second kappa shape index (κ2) is 6.10. The number of hydrogen-bond donors (Lipinski definition) is 0. The summed E-state index contributed by atoms with van der Waals surface area (Å²) >= 11 is 2.99. The molecule has 5 nitrogen and oxygen atoms in total. The Morgan fingerprint density at radius 3 is 2.58 bits per heavy atom. The molecule has 1 aromatic rings.